The Kier molecular flexibility index (Phi) is 4.49. The van der Waals surface area contributed by atoms with Gasteiger partial charge in [0.2, 0.25) is 0 Å². The van der Waals surface area contributed by atoms with E-state index in [9.17, 15) is 0 Å². The molecule has 1 aromatic carbocycles. The van der Waals surface area contributed by atoms with Crippen molar-refractivity contribution in [2.75, 3.05) is 7.05 Å². The molecule has 2 nitrogen and oxygen atoms in total. The number of likely N-dealkylation sites (N-methyl/N-ethyl adjacent to an activating group) is 1. The van der Waals surface area contributed by atoms with Gasteiger partial charge in [0.25, 0.3) is 0 Å². The monoisotopic (exact) mass is 327 g/mol. The van der Waals surface area contributed by atoms with E-state index < -0.39 is 0 Å². The summed E-state index contributed by atoms with van der Waals surface area (Å²) in [6, 6.07) is 8.23. The average Bonchev–Trinajstić information content (AvgIpc) is 2.75. The lowest BCUT2D eigenvalue weighted by Crippen LogP contribution is -2.18. The predicted octanol–water partition coefficient (Wildman–Crippen LogP) is 4.51. The fraction of sp³-hybridized carbons (Fsp3) is 0.286. The molecule has 2 rings (SSSR count). The topological polar surface area (TPSA) is 25.2 Å². The van der Waals surface area contributed by atoms with Crippen molar-refractivity contribution in [3.8, 4) is 0 Å². The van der Waals surface area contributed by atoms with E-state index >= 15 is 0 Å². The number of aryl methyl sites for hydroxylation is 1. The zero-order valence-electron chi connectivity index (χ0n) is 10.3. The van der Waals surface area contributed by atoms with Crippen molar-refractivity contribution in [3.63, 3.8) is 0 Å². The molecule has 4 heteroatoms. The number of rotatable bonds is 4. The third kappa shape index (κ3) is 3.16. The third-order valence-corrected chi connectivity index (χ3v) is 3.79. The molecule has 0 fully saturated rings. The standard InChI is InChI=1S/C14H15BrClNO/c1-9-5-11(8-18-9)14(17-2)6-10-3-4-12(15)7-13(10)16/h3-5,7-8,14,17H,6H2,1-2H3. The summed E-state index contributed by atoms with van der Waals surface area (Å²) < 4.78 is 6.35. The summed E-state index contributed by atoms with van der Waals surface area (Å²) in [5.41, 5.74) is 2.27. The first kappa shape index (κ1) is 13.7. The van der Waals surface area contributed by atoms with Crippen molar-refractivity contribution < 1.29 is 4.42 Å². The summed E-state index contributed by atoms with van der Waals surface area (Å²) in [5.74, 6) is 0.923. The first-order valence-electron chi connectivity index (χ1n) is 5.76. The second kappa shape index (κ2) is 5.91. The molecule has 1 heterocycles. The van der Waals surface area contributed by atoms with Gasteiger partial charge in [0.05, 0.1) is 6.26 Å². The maximum Gasteiger partial charge on any atom is 0.101 e. The molecule has 0 spiro atoms. The van der Waals surface area contributed by atoms with Crippen molar-refractivity contribution in [2.24, 2.45) is 0 Å². The SMILES string of the molecule is CNC(Cc1ccc(Br)cc1Cl)c1coc(C)c1. The normalized spacial score (nSPS) is 12.7. The van der Waals surface area contributed by atoms with Gasteiger partial charge in [0.1, 0.15) is 5.76 Å². The summed E-state index contributed by atoms with van der Waals surface area (Å²) in [7, 11) is 1.94. The van der Waals surface area contributed by atoms with E-state index in [4.69, 9.17) is 16.0 Å². The molecule has 0 bridgehead atoms. The van der Waals surface area contributed by atoms with Crippen molar-refractivity contribution in [2.45, 2.75) is 19.4 Å². The quantitative estimate of drug-likeness (QED) is 0.893. The largest absolute Gasteiger partial charge is 0.469 e. The second-order valence-corrected chi connectivity index (χ2v) is 5.59. The van der Waals surface area contributed by atoms with Gasteiger partial charge in [-0.1, -0.05) is 33.6 Å². The van der Waals surface area contributed by atoms with Crippen LogP contribution in [0.4, 0.5) is 0 Å². The second-order valence-electron chi connectivity index (χ2n) is 4.27. The Morgan fingerprint density at radius 1 is 1.39 bits per heavy atom. The number of hydrogen-bond donors (Lipinski definition) is 1. The molecule has 0 aliphatic rings. The molecule has 18 heavy (non-hydrogen) atoms. The van der Waals surface area contributed by atoms with E-state index in [1.54, 1.807) is 6.26 Å². The number of furan rings is 1. The Labute approximate surface area is 120 Å². The van der Waals surface area contributed by atoms with Crippen LogP contribution in [0, 0.1) is 6.92 Å². The Bertz CT molecular complexity index is 538. The van der Waals surface area contributed by atoms with Crippen LogP contribution in [-0.4, -0.2) is 7.05 Å². The van der Waals surface area contributed by atoms with Crippen LogP contribution in [0.5, 0.6) is 0 Å². The summed E-state index contributed by atoms with van der Waals surface area (Å²) in [5, 5.41) is 4.07. The molecule has 0 aliphatic heterocycles. The van der Waals surface area contributed by atoms with Crippen molar-refractivity contribution in [1.29, 1.82) is 0 Å². The zero-order chi connectivity index (χ0) is 13.1. The van der Waals surface area contributed by atoms with Gasteiger partial charge in [0.15, 0.2) is 0 Å². The summed E-state index contributed by atoms with van der Waals surface area (Å²) in [6.07, 6.45) is 2.63. The molecule has 0 aliphatic carbocycles. The number of nitrogens with one attached hydrogen (secondary N) is 1. The number of benzene rings is 1. The minimum absolute atomic E-state index is 0.209. The molecule has 2 aromatic rings. The molecule has 1 unspecified atom stereocenters. The Hall–Kier alpha value is -0.770. The summed E-state index contributed by atoms with van der Waals surface area (Å²) >= 11 is 9.65. The van der Waals surface area contributed by atoms with Crippen molar-refractivity contribution in [3.05, 3.63) is 56.9 Å². The van der Waals surface area contributed by atoms with Gasteiger partial charge < -0.3 is 9.73 Å². The highest BCUT2D eigenvalue weighted by Crippen LogP contribution is 2.27. The van der Waals surface area contributed by atoms with Gasteiger partial charge in [-0.05, 0) is 44.2 Å². The van der Waals surface area contributed by atoms with Crippen molar-refractivity contribution >= 4 is 27.5 Å². The van der Waals surface area contributed by atoms with Crippen LogP contribution >= 0.6 is 27.5 Å². The van der Waals surface area contributed by atoms with Crippen LogP contribution in [0.3, 0.4) is 0 Å². The Morgan fingerprint density at radius 3 is 2.72 bits per heavy atom. The van der Waals surface area contributed by atoms with E-state index in [0.29, 0.717) is 0 Å². The number of hydrogen-bond acceptors (Lipinski definition) is 2. The molecule has 0 amide bonds. The van der Waals surface area contributed by atoms with Gasteiger partial charge in [0, 0.05) is 21.1 Å². The fourth-order valence-corrected chi connectivity index (χ4v) is 2.69. The van der Waals surface area contributed by atoms with Gasteiger partial charge in [-0.2, -0.15) is 0 Å². The van der Waals surface area contributed by atoms with E-state index in [1.165, 1.54) is 0 Å². The molecule has 1 atom stereocenters. The Balaban J connectivity index is 2.20. The van der Waals surface area contributed by atoms with E-state index in [2.05, 4.69) is 21.2 Å². The van der Waals surface area contributed by atoms with Gasteiger partial charge >= 0.3 is 0 Å². The first-order valence-corrected chi connectivity index (χ1v) is 6.93. The smallest absolute Gasteiger partial charge is 0.101 e. The molecule has 0 saturated carbocycles. The molecule has 0 radical (unpaired) electrons. The fourth-order valence-electron chi connectivity index (χ4n) is 1.94. The highest BCUT2D eigenvalue weighted by molar-refractivity contribution is 9.10. The molecule has 1 N–H and O–H groups in total. The lowest BCUT2D eigenvalue weighted by Gasteiger charge is -2.15. The van der Waals surface area contributed by atoms with E-state index in [1.807, 2.05) is 38.2 Å². The van der Waals surface area contributed by atoms with Crippen LogP contribution in [0.15, 0.2) is 39.4 Å². The van der Waals surface area contributed by atoms with E-state index in [0.717, 1.165) is 32.8 Å². The van der Waals surface area contributed by atoms with Crippen molar-refractivity contribution in [1.82, 2.24) is 5.32 Å². The van der Waals surface area contributed by atoms with Gasteiger partial charge in [-0.3, -0.25) is 0 Å². The third-order valence-electron chi connectivity index (χ3n) is 2.94. The zero-order valence-corrected chi connectivity index (χ0v) is 12.7. The number of halogens is 2. The molecular weight excluding hydrogens is 314 g/mol. The van der Waals surface area contributed by atoms with Gasteiger partial charge in [-0.15, -0.1) is 0 Å². The average molecular weight is 329 g/mol. The van der Waals surface area contributed by atoms with Crippen LogP contribution < -0.4 is 5.32 Å². The summed E-state index contributed by atoms with van der Waals surface area (Å²) in [6.45, 7) is 1.95. The summed E-state index contributed by atoms with van der Waals surface area (Å²) in [4.78, 5) is 0. The maximum atomic E-state index is 6.24. The minimum atomic E-state index is 0.209. The van der Waals surface area contributed by atoms with Crippen LogP contribution in [0.2, 0.25) is 5.02 Å². The van der Waals surface area contributed by atoms with Crippen LogP contribution in [0.1, 0.15) is 22.9 Å². The predicted molar refractivity (Wildman–Crippen MR) is 78.1 cm³/mol. The van der Waals surface area contributed by atoms with Gasteiger partial charge in [-0.25, -0.2) is 0 Å². The van der Waals surface area contributed by atoms with Crippen LogP contribution in [0.25, 0.3) is 0 Å². The minimum Gasteiger partial charge on any atom is -0.469 e. The lowest BCUT2D eigenvalue weighted by molar-refractivity contribution is 0.520. The molecular formula is C14H15BrClNO. The molecule has 96 valence electrons. The maximum absolute atomic E-state index is 6.24. The Morgan fingerprint density at radius 2 is 2.17 bits per heavy atom. The van der Waals surface area contributed by atoms with Crippen LogP contribution in [-0.2, 0) is 6.42 Å². The first-order chi connectivity index (χ1) is 8.60. The highest BCUT2D eigenvalue weighted by atomic mass is 79.9. The molecule has 0 saturated heterocycles. The molecule has 1 aromatic heterocycles. The highest BCUT2D eigenvalue weighted by Gasteiger charge is 2.14. The van der Waals surface area contributed by atoms with E-state index in [-0.39, 0.29) is 6.04 Å². The lowest BCUT2D eigenvalue weighted by atomic mass is 10.0.